The summed E-state index contributed by atoms with van der Waals surface area (Å²) >= 11 is 3.27. The second kappa shape index (κ2) is 6.76. The summed E-state index contributed by atoms with van der Waals surface area (Å²) in [7, 11) is 0. The summed E-state index contributed by atoms with van der Waals surface area (Å²) in [6.07, 6.45) is 0. The first-order valence-corrected chi connectivity index (χ1v) is 8.08. The summed E-state index contributed by atoms with van der Waals surface area (Å²) in [5, 5.41) is 3.22. The normalized spacial score (nSPS) is 18.0. The molecular weight excluding hydrogens is 366 g/mol. The van der Waals surface area contributed by atoms with Gasteiger partial charge < -0.3 is 10.2 Å². The molecule has 3 nitrogen and oxygen atoms in total. The van der Waals surface area contributed by atoms with E-state index in [2.05, 4.69) is 21.2 Å². The first-order valence-electron chi connectivity index (χ1n) is 7.28. The Morgan fingerprint density at radius 2 is 1.91 bits per heavy atom. The Morgan fingerprint density at radius 1 is 1.17 bits per heavy atom. The van der Waals surface area contributed by atoms with Crippen molar-refractivity contribution >= 4 is 21.8 Å². The van der Waals surface area contributed by atoms with Gasteiger partial charge in [-0.2, -0.15) is 0 Å². The van der Waals surface area contributed by atoms with Crippen molar-refractivity contribution in [1.29, 1.82) is 0 Å². The van der Waals surface area contributed by atoms with Crippen LogP contribution in [0.1, 0.15) is 22.0 Å². The van der Waals surface area contributed by atoms with Gasteiger partial charge in [-0.3, -0.25) is 4.79 Å². The zero-order valence-electron chi connectivity index (χ0n) is 12.2. The molecule has 0 aromatic heterocycles. The molecule has 6 heteroatoms. The number of carbonyl (C=O) groups is 1. The van der Waals surface area contributed by atoms with Crippen LogP contribution in [0.15, 0.2) is 46.9 Å². The fraction of sp³-hybridized carbons (Fsp3) is 0.235. The van der Waals surface area contributed by atoms with Gasteiger partial charge in [0.25, 0.3) is 5.91 Å². The molecule has 0 saturated carbocycles. The topological polar surface area (TPSA) is 32.3 Å². The van der Waals surface area contributed by atoms with Crippen LogP contribution in [0, 0.1) is 11.6 Å². The van der Waals surface area contributed by atoms with Crippen molar-refractivity contribution in [2.75, 3.05) is 19.6 Å². The van der Waals surface area contributed by atoms with Gasteiger partial charge in [0.2, 0.25) is 0 Å². The summed E-state index contributed by atoms with van der Waals surface area (Å²) in [6, 6.07) is 10.1. The van der Waals surface area contributed by atoms with Crippen LogP contribution in [0.5, 0.6) is 0 Å². The minimum absolute atomic E-state index is 0.0355. The summed E-state index contributed by atoms with van der Waals surface area (Å²) in [5.74, 6) is -1.23. The Morgan fingerprint density at radius 3 is 2.65 bits per heavy atom. The second-order valence-electron chi connectivity index (χ2n) is 5.39. The van der Waals surface area contributed by atoms with E-state index < -0.39 is 5.82 Å². The van der Waals surface area contributed by atoms with Crippen molar-refractivity contribution in [2.45, 2.75) is 6.04 Å². The van der Waals surface area contributed by atoms with Crippen LogP contribution in [-0.4, -0.2) is 30.4 Å². The van der Waals surface area contributed by atoms with Crippen LogP contribution in [0.2, 0.25) is 0 Å². The number of piperazine rings is 1. The molecule has 1 unspecified atom stereocenters. The number of nitrogens with one attached hydrogen (secondary N) is 1. The lowest BCUT2D eigenvalue weighted by Crippen LogP contribution is -2.48. The monoisotopic (exact) mass is 380 g/mol. The third-order valence-corrected chi connectivity index (χ3v) is 4.41. The van der Waals surface area contributed by atoms with E-state index >= 15 is 0 Å². The fourth-order valence-corrected chi connectivity index (χ4v) is 3.11. The van der Waals surface area contributed by atoms with Gasteiger partial charge in [0.05, 0.1) is 11.6 Å². The Kier molecular flexibility index (Phi) is 4.73. The molecule has 1 N–H and O–H groups in total. The fourth-order valence-electron chi connectivity index (χ4n) is 2.75. The van der Waals surface area contributed by atoms with Gasteiger partial charge in [-0.1, -0.05) is 28.1 Å². The highest BCUT2D eigenvalue weighted by molar-refractivity contribution is 9.10. The lowest BCUT2D eigenvalue weighted by atomic mass is 10.0. The number of nitrogens with zero attached hydrogens (tertiary/aromatic N) is 1. The van der Waals surface area contributed by atoms with Gasteiger partial charge in [0.15, 0.2) is 0 Å². The number of rotatable bonds is 2. The largest absolute Gasteiger partial charge is 0.329 e. The molecule has 0 spiro atoms. The third kappa shape index (κ3) is 3.43. The Balaban J connectivity index is 1.93. The molecule has 1 aliphatic heterocycles. The number of amides is 1. The molecule has 3 rings (SSSR count). The molecule has 1 heterocycles. The highest BCUT2D eigenvalue weighted by Crippen LogP contribution is 2.26. The van der Waals surface area contributed by atoms with E-state index in [1.165, 1.54) is 24.3 Å². The van der Waals surface area contributed by atoms with Crippen LogP contribution < -0.4 is 5.32 Å². The van der Waals surface area contributed by atoms with Gasteiger partial charge in [-0.25, -0.2) is 8.78 Å². The molecule has 2 aromatic rings. The van der Waals surface area contributed by atoms with Crippen molar-refractivity contribution < 1.29 is 13.6 Å². The van der Waals surface area contributed by atoms with Crippen LogP contribution in [0.4, 0.5) is 8.78 Å². The molecule has 2 aromatic carbocycles. The van der Waals surface area contributed by atoms with E-state index in [-0.39, 0.29) is 23.3 Å². The highest BCUT2D eigenvalue weighted by Gasteiger charge is 2.30. The van der Waals surface area contributed by atoms with E-state index in [1.54, 1.807) is 23.1 Å². The second-order valence-corrected chi connectivity index (χ2v) is 6.31. The Hall–Kier alpha value is -1.79. The maximum Gasteiger partial charge on any atom is 0.257 e. The molecule has 1 atom stereocenters. The number of benzene rings is 2. The molecule has 23 heavy (non-hydrogen) atoms. The van der Waals surface area contributed by atoms with Crippen molar-refractivity contribution in [3.05, 3.63) is 69.7 Å². The smallest absolute Gasteiger partial charge is 0.257 e. The molecule has 1 fully saturated rings. The zero-order chi connectivity index (χ0) is 16.4. The lowest BCUT2D eigenvalue weighted by Gasteiger charge is -2.36. The lowest BCUT2D eigenvalue weighted by molar-refractivity contribution is 0.0629. The first-order chi connectivity index (χ1) is 11.1. The van der Waals surface area contributed by atoms with E-state index in [0.717, 1.165) is 5.56 Å². The van der Waals surface area contributed by atoms with Crippen molar-refractivity contribution in [3.63, 3.8) is 0 Å². The van der Waals surface area contributed by atoms with Gasteiger partial charge in [-0.05, 0) is 35.9 Å². The van der Waals surface area contributed by atoms with Crippen molar-refractivity contribution in [3.8, 4) is 0 Å². The number of halogens is 3. The maximum absolute atomic E-state index is 14.0. The van der Waals surface area contributed by atoms with Crippen LogP contribution >= 0.6 is 15.9 Å². The maximum atomic E-state index is 14.0. The highest BCUT2D eigenvalue weighted by atomic mass is 79.9. The average molecular weight is 381 g/mol. The third-order valence-electron chi connectivity index (χ3n) is 3.92. The van der Waals surface area contributed by atoms with Crippen LogP contribution in [0.25, 0.3) is 0 Å². The quantitative estimate of drug-likeness (QED) is 0.864. The molecule has 0 aliphatic carbocycles. The minimum Gasteiger partial charge on any atom is -0.329 e. The standard InChI is InChI=1S/C17H15BrF2N2O/c18-12-3-6-15(20)14(9-12)17(23)22-8-7-21-10-16(22)11-1-4-13(19)5-2-11/h1-6,9,16,21H,7-8,10H2. The van der Waals surface area contributed by atoms with Crippen molar-refractivity contribution in [1.82, 2.24) is 10.2 Å². The molecule has 1 aliphatic rings. The van der Waals surface area contributed by atoms with Crippen molar-refractivity contribution in [2.24, 2.45) is 0 Å². The Labute approximate surface area is 141 Å². The first kappa shape index (κ1) is 16.1. The molecule has 0 radical (unpaired) electrons. The molecule has 120 valence electrons. The van der Waals surface area contributed by atoms with E-state index in [4.69, 9.17) is 0 Å². The summed E-state index contributed by atoms with van der Waals surface area (Å²) in [4.78, 5) is 14.4. The van der Waals surface area contributed by atoms with Gasteiger partial charge in [-0.15, -0.1) is 0 Å². The van der Waals surface area contributed by atoms with E-state index in [0.29, 0.717) is 24.1 Å². The molecule has 0 bridgehead atoms. The van der Waals surface area contributed by atoms with E-state index in [1.807, 2.05) is 0 Å². The summed E-state index contributed by atoms with van der Waals surface area (Å²) < 4.78 is 27.8. The predicted molar refractivity (Wildman–Crippen MR) is 87.1 cm³/mol. The molecule has 1 saturated heterocycles. The van der Waals surface area contributed by atoms with E-state index in [9.17, 15) is 13.6 Å². The number of hydrogen-bond donors (Lipinski definition) is 1. The number of hydrogen-bond acceptors (Lipinski definition) is 2. The predicted octanol–water partition coefficient (Wildman–Crippen LogP) is 3.51. The Bertz CT molecular complexity index is 721. The zero-order valence-corrected chi connectivity index (χ0v) is 13.8. The van der Waals surface area contributed by atoms with Gasteiger partial charge in [0, 0.05) is 24.1 Å². The number of carbonyl (C=O) groups excluding carboxylic acids is 1. The molecule has 1 amide bonds. The summed E-state index contributed by atoms with van der Waals surface area (Å²) in [6.45, 7) is 1.65. The van der Waals surface area contributed by atoms with Crippen LogP contribution in [0.3, 0.4) is 0 Å². The summed E-state index contributed by atoms with van der Waals surface area (Å²) in [5.41, 5.74) is 0.857. The minimum atomic E-state index is -0.547. The average Bonchev–Trinajstić information content (AvgIpc) is 2.57. The van der Waals surface area contributed by atoms with Gasteiger partial charge in [0.1, 0.15) is 11.6 Å². The SMILES string of the molecule is O=C(c1cc(Br)ccc1F)N1CCNCC1c1ccc(F)cc1. The van der Waals surface area contributed by atoms with Crippen LogP contribution in [-0.2, 0) is 0 Å². The molecular formula is C17H15BrF2N2O. The van der Waals surface area contributed by atoms with Gasteiger partial charge >= 0.3 is 0 Å².